The Morgan fingerprint density at radius 1 is 1.19 bits per heavy atom. The normalized spacial score (nSPS) is 10.0. The molecule has 0 spiro atoms. The Morgan fingerprint density at radius 3 is 2.57 bits per heavy atom. The van der Waals surface area contributed by atoms with Gasteiger partial charge in [-0.1, -0.05) is 17.7 Å². The van der Waals surface area contributed by atoms with Crippen LogP contribution in [0, 0.1) is 12.7 Å². The minimum Gasteiger partial charge on any atom is -0.497 e. The second-order valence-corrected chi connectivity index (χ2v) is 4.61. The summed E-state index contributed by atoms with van der Waals surface area (Å²) >= 11 is 0. The van der Waals surface area contributed by atoms with E-state index in [1.54, 1.807) is 0 Å². The number of methoxy groups -OCH3 is 1. The highest BCUT2D eigenvalue weighted by molar-refractivity contribution is 5.93. The first kappa shape index (κ1) is 14.8. The van der Waals surface area contributed by atoms with Gasteiger partial charge in [-0.25, -0.2) is 4.39 Å². The number of anilines is 2. The van der Waals surface area contributed by atoms with E-state index in [0.29, 0.717) is 11.4 Å². The molecule has 4 nitrogen and oxygen atoms in total. The fourth-order valence-corrected chi connectivity index (χ4v) is 1.78. The third kappa shape index (κ3) is 4.21. The van der Waals surface area contributed by atoms with Crippen molar-refractivity contribution in [1.82, 2.24) is 0 Å². The average molecular weight is 288 g/mol. The summed E-state index contributed by atoms with van der Waals surface area (Å²) in [7, 11) is 1.50. The van der Waals surface area contributed by atoms with Gasteiger partial charge < -0.3 is 15.4 Å². The van der Waals surface area contributed by atoms with Crippen molar-refractivity contribution in [3.05, 3.63) is 53.8 Å². The second-order valence-electron chi connectivity index (χ2n) is 4.61. The van der Waals surface area contributed by atoms with E-state index in [4.69, 9.17) is 4.74 Å². The number of rotatable bonds is 5. The number of carbonyl (C=O) groups excluding carboxylic acids is 1. The molecule has 2 rings (SSSR count). The van der Waals surface area contributed by atoms with Gasteiger partial charge in [0, 0.05) is 11.8 Å². The molecule has 0 aliphatic carbocycles. The maximum Gasteiger partial charge on any atom is 0.243 e. The zero-order chi connectivity index (χ0) is 15.2. The number of nitrogens with one attached hydrogen (secondary N) is 2. The summed E-state index contributed by atoms with van der Waals surface area (Å²) in [5.74, 6) is -0.155. The van der Waals surface area contributed by atoms with Crippen LogP contribution in [0.3, 0.4) is 0 Å². The number of halogens is 1. The van der Waals surface area contributed by atoms with Crippen LogP contribution in [-0.4, -0.2) is 19.6 Å². The number of amides is 1. The van der Waals surface area contributed by atoms with E-state index in [-0.39, 0.29) is 18.1 Å². The summed E-state index contributed by atoms with van der Waals surface area (Å²) < 4.78 is 18.6. The van der Waals surface area contributed by atoms with E-state index >= 15 is 0 Å². The predicted molar refractivity (Wildman–Crippen MR) is 81.3 cm³/mol. The van der Waals surface area contributed by atoms with Crippen LogP contribution < -0.4 is 15.4 Å². The summed E-state index contributed by atoms with van der Waals surface area (Å²) in [6, 6.07) is 11.8. The minimum absolute atomic E-state index is 0.0298. The van der Waals surface area contributed by atoms with Gasteiger partial charge >= 0.3 is 0 Å². The average Bonchev–Trinajstić information content (AvgIpc) is 2.49. The highest BCUT2D eigenvalue weighted by Gasteiger charge is 2.07. The van der Waals surface area contributed by atoms with E-state index in [2.05, 4.69) is 10.6 Å². The summed E-state index contributed by atoms with van der Waals surface area (Å²) in [6.45, 7) is 1.94. The highest BCUT2D eigenvalue weighted by Crippen LogP contribution is 2.20. The van der Waals surface area contributed by atoms with Crippen LogP contribution >= 0.6 is 0 Å². The van der Waals surface area contributed by atoms with Gasteiger partial charge in [0.1, 0.15) is 11.6 Å². The van der Waals surface area contributed by atoms with Crippen LogP contribution in [0.1, 0.15) is 5.56 Å². The molecule has 0 bridgehead atoms. The number of benzene rings is 2. The maximum atomic E-state index is 13.6. The highest BCUT2D eigenvalue weighted by atomic mass is 19.1. The van der Waals surface area contributed by atoms with Crippen LogP contribution in [0.25, 0.3) is 0 Å². The third-order valence-electron chi connectivity index (χ3n) is 2.95. The van der Waals surface area contributed by atoms with Crippen molar-refractivity contribution in [3.63, 3.8) is 0 Å². The van der Waals surface area contributed by atoms with E-state index in [9.17, 15) is 9.18 Å². The number of aryl methyl sites for hydroxylation is 1. The Labute approximate surface area is 122 Å². The van der Waals surface area contributed by atoms with E-state index < -0.39 is 5.82 Å². The molecule has 1 amide bonds. The third-order valence-corrected chi connectivity index (χ3v) is 2.95. The summed E-state index contributed by atoms with van der Waals surface area (Å²) in [6.07, 6.45) is 0. The predicted octanol–water partition coefficient (Wildman–Crippen LogP) is 3.19. The molecule has 0 fully saturated rings. The molecule has 2 N–H and O–H groups in total. The Hall–Kier alpha value is -2.56. The van der Waals surface area contributed by atoms with Crippen molar-refractivity contribution in [3.8, 4) is 5.75 Å². The summed E-state index contributed by atoms with van der Waals surface area (Å²) in [4.78, 5) is 11.8. The zero-order valence-electron chi connectivity index (χ0n) is 11.9. The minimum atomic E-state index is -0.432. The first-order chi connectivity index (χ1) is 10.1. The molecular weight excluding hydrogens is 271 g/mol. The first-order valence-electron chi connectivity index (χ1n) is 6.52. The fraction of sp³-hybridized carbons (Fsp3) is 0.188. The van der Waals surface area contributed by atoms with Gasteiger partial charge in [0.2, 0.25) is 5.91 Å². The molecule has 0 aliphatic rings. The quantitative estimate of drug-likeness (QED) is 0.888. The smallest absolute Gasteiger partial charge is 0.243 e. The van der Waals surface area contributed by atoms with Crippen LogP contribution in [0.2, 0.25) is 0 Å². The molecule has 2 aromatic carbocycles. The number of hydrogen-bond acceptors (Lipinski definition) is 3. The van der Waals surface area contributed by atoms with Gasteiger partial charge in [-0.15, -0.1) is 0 Å². The maximum absolute atomic E-state index is 13.6. The van der Waals surface area contributed by atoms with Crippen LogP contribution in [-0.2, 0) is 4.79 Å². The van der Waals surface area contributed by atoms with Crippen molar-refractivity contribution in [2.45, 2.75) is 6.92 Å². The van der Waals surface area contributed by atoms with Crippen LogP contribution in [0.4, 0.5) is 15.8 Å². The summed E-state index contributed by atoms with van der Waals surface area (Å²) in [5, 5.41) is 5.48. The van der Waals surface area contributed by atoms with E-state index in [0.717, 1.165) is 5.56 Å². The molecule has 0 unspecified atom stereocenters. The van der Waals surface area contributed by atoms with Gasteiger partial charge in [0.05, 0.1) is 19.3 Å². The SMILES string of the molecule is COc1ccc(F)c(NCC(=O)Nc2ccc(C)cc2)c1. The molecular formula is C16H17FN2O2. The Balaban J connectivity index is 1.93. The lowest BCUT2D eigenvalue weighted by molar-refractivity contribution is -0.114. The van der Waals surface area contributed by atoms with Crippen LogP contribution in [0.15, 0.2) is 42.5 Å². The molecule has 0 aromatic heterocycles. The van der Waals surface area contributed by atoms with Crippen molar-refractivity contribution in [2.75, 3.05) is 24.3 Å². The molecule has 5 heteroatoms. The molecule has 21 heavy (non-hydrogen) atoms. The number of carbonyl (C=O) groups is 1. The van der Waals surface area contributed by atoms with E-state index in [1.807, 2.05) is 31.2 Å². The Kier molecular flexibility index (Phi) is 4.77. The Bertz CT molecular complexity index is 627. The second kappa shape index (κ2) is 6.74. The van der Waals surface area contributed by atoms with Crippen molar-refractivity contribution >= 4 is 17.3 Å². The van der Waals surface area contributed by atoms with Gasteiger partial charge in [0.15, 0.2) is 0 Å². The van der Waals surface area contributed by atoms with Gasteiger partial charge in [-0.2, -0.15) is 0 Å². The van der Waals surface area contributed by atoms with Gasteiger partial charge in [0.25, 0.3) is 0 Å². The Morgan fingerprint density at radius 2 is 1.90 bits per heavy atom. The zero-order valence-corrected chi connectivity index (χ0v) is 11.9. The monoisotopic (exact) mass is 288 g/mol. The topological polar surface area (TPSA) is 50.4 Å². The lowest BCUT2D eigenvalue weighted by atomic mass is 10.2. The van der Waals surface area contributed by atoms with Crippen molar-refractivity contribution in [1.29, 1.82) is 0 Å². The lowest BCUT2D eigenvalue weighted by Gasteiger charge is -2.10. The van der Waals surface area contributed by atoms with Crippen LogP contribution in [0.5, 0.6) is 5.75 Å². The fourth-order valence-electron chi connectivity index (χ4n) is 1.78. The molecule has 0 atom stereocenters. The molecule has 0 aliphatic heterocycles. The molecule has 0 heterocycles. The van der Waals surface area contributed by atoms with Crippen molar-refractivity contribution < 1.29 is 13.9 Å². The van der Waals surface area contributed by atoms with Gasteiger partial charge in [-0.3, -0.25) is 4.79 Å². The summed E-state index contributed by atoms with van der Waals surface area (Å²) in [5.41, 5.74) is 2.05. The van der Waals surface area contributed by atoms with E-state index in [1.165, 1.54) is 25.3 Å². The molecule has 0 radical (unpaired) electrons. The number of ether oxygens (including phenoxy) is 1. The standard InChI is InChI=1S/C16H17FN2O2/c1-11-3-5-12(6-4-11)19-16(20)10-18-15-9-13(21-2)7-8-14(15)17/h3-9,18H,10H2,1-2H3,(H,19,20). The van der Waals surface area contributed by atoms with Gasteiger partial charge in [-0.05, 0) is 31.2 Å². The first-order valence-corrected chi connectivity index (χ1v) is 6.52. The molecule has 2 aromatic rings. The number of hydrogen-bond donors (Lipinski definition) is 2. The lowest BCUT2D eigenvalue weighted by Crippen LogP contribution is -2.22. The molecule has 0 saturated heterocycles. The largest absolute Gasteiger partial charge is 0.497 e. The molecule has 0 saturated carbocycles. The van der Waals surface area contributed by atoms with Crippen molar-refractivity contribution in [2.24, 2.45) is 0 Å². The molecule has 110 valence electrons.